The Kier molecular flexibility index (Phi) is 3.68. The summed E-state index contributed by atoms with van der Waals surface area (Å²) in [4.78, 5) is 4.70. The first-order valence-electron chi connectivity index (χ1n) is 7.02. The molecule has 0 amide bonds. The molecule has 0 aliphatic rings. The van der Waals surface area contributed by atoms with Crippen LogP contribution in [0.25, 0.3) is 11.0 Å². The summed E-state index contributed by atoms with van der Waals surface area (Å²) < 4.78 is 2.21. The fraction of sp³-hybridized carbons (Fsp3) is 0.562. The van der Waals surface area contributed by atoms with Crippen molar-refractivity contribution in [2.75, 3.05) is 0 Å². The highest BCUT2D eigenvalue weighted by atomic mass is 15.1. The van der Waals surface area contributed by atoms with Crippen LogP contribution in [0.3, 0.4) is 0 Å². The normalized spacial score (nSPS) is 12.6. The minimum atomic E-state index is -0.107. The maximum absolute atomic E-state index is 6.05. The summed E-state index contributed by atoms with van der Waals surface area (Å²) in [5.41, 5.74) is 9.59. The first kappa shape index (κ1) is 14.1. The van der Waals surface area contributed by atoms with Gasteiger partial charge >= 0.3 is 0 Å². The number of aromatic nitrogens is 2. The van der Waals surface area contributed by atoms with Gasteiger partial charge in [-0.05, 0) is 44.4 Å². The molecule has 19 heavy (non-hydrogen) atoms. The predicted octanol–water partition coefficient (Wildman–Crippen LogP) is 3.37. The average Bonchev–Trinajstić information content (AvgIpc) is 2.63. The third-order valence-electron chi connectivity index (χ3n) is 3.55. The number of aryl methyl sites for hydroxylation is 2. The molecule has 104 valence electrons. The zero-order chi connectivity index (χ0) is 14.2. The minimum absolute atomic E-state index is 0.107. The molecule has 0 bridgehead atoms. The van der Waals surface area contributed by atoms with E-state index in [-0.39, 0.29) is 5.54 Å². The average molecular weight is 259 g/mol. The Hall–Kier alpha value is -1.35. The molecule has 1 heterocycles. The summed E-state index contributed by atoms with van der Waals surface area (Å²) in [5, 5.41) is 0. The van der Waals surface area contributed by atoms with Crippen molar-refractivity contribution in [2.24, 2.45) is 12.8 Å². The van der Waals surface area contributed by atoms with Crippen LogP contribution >= 0.6 is 0 Å². The van der Waals surface area contributed by atoms with E-state index < -0.39 is 0 Å². The summed E-state index contributed by atoms with van der Waals surface area (Å²) in [6.07, 6.45) is 2.01. The van der Waals surface area contributed by atoms with E-state index in [9.17, 15) is 0 Å². The number of rotatable bonds is 4. The van der Waals surface area contributed by atoms with Gasteiger partial charge in [-0.15, -0.1) is 0 Å². The molecule has 2 rings (SSSR count). The Morgan fingerprint density at radius 1 is 1.32 bits per heavy atom. The molecule has 2 aromatic rings. The van der Waals surface area contributed by atoms with E-state index in [0.717, 1.165) is 24.2 Å². The van der Waals surface area contributed by atoms with Crippen LogP contribution in [0.2, 0.25) is 0 Å². The zero-order valence-electron chi connectivity index (χ0n) is 12.7. The Balaban J connectivity index is 2.32. The van der Waals surface area contributed by atoms with Gasteiger partial charge in [-0.3, -0.25) is 0 Å². The second-order valence-electron chi connectivity index (χ2n) is 6.50. The van der Waals surface area contributed by atoms with Crippen LogP contribution in [0.1, 0.15) is 51.4 Å². The number of imidazole rings is 1. The Labute approximate surface area is 115 Å². The first-order valence-corrected chi connectivity index (χ1v) is 7.02. The van der Waals surface area contributed by atoms with Crippen LogP contribution in [-0.4, -0.2) is 15.1 Å². The first-order chi connectivity index (χ1) is 8.78. The highest BCUT2D eigenvalue weighted by Gasteiger charge is 2.13. The van der Waals surface area contributed by atoms with Crippen molar-refractivity contribution < 1.29 is 0 Å². The molecule has 3 nitrogen and oxygen atoms in total. The summed E-state index contributed by atoms with van der Waals surface area (Å²) in [5.74, 6) is 1.59. The molecule has 0 spiro atoms. The summed E-state index contributed by atoms with van der Waals surface area (Å²) in [7, 11) is 2.10. The lowest BCUT2D eigenvalue weighted by atomic mass is 9.96. The molecule has 2 N–H and O–H groups in total. The lowest BCUT2D eigenvalue weighted by molar-refractivity contribution is 0.477. The van der Waals surface area contributed by atoms with E-state index in [1.54, 1.807) is 0 Å². The molecule has 0 saturated carbocycles. The lowest BCUT2D eigenvalue weighted by Gasteiger charge is -2.18. The molecule has 3 heteroatoms. The third kappa shape index (κ3) is 3.16. The summed E-state index contributed by atoms with van der Waals surface area (Å²) in [6, 6.07) is 6.55. The molecule has 0 unspecified atom stereocenters. The third-order valence-corrected chi connectivity index (χ3v) is 3.55. The molecular formula is C16H25N3. The minimum Gasteiger partial charge on any atom is -0.331 e. The van der Waals surface area contributed by atoms with Crippen LogP contribution in [0.5, 0.6) is 0 Å². The molecular weight excluding hydrogens is 234 g/mol. The van der Waals surface area contributed by atoms with Gasteiger partial charge in [0.05, 0.1) is 11.0 Å². The van der Waals surface area contributed by atoms with Crippen molar-refractivity contribution in [3.8, 4) is 0 Å². The maximum atomic E-state index is 6.05. The van der Waals surface area contributed by atoms with Crippen LogP contribution in [0.15, 0.2) is 18.2 Å². The van der Waals surface area contributed by atoms with Crippen molar-refractivity contribution in [1.82, 2.24) is 9.55 Å². The maximum Gasteiger partial charge on any atom is 0.112 e. The van der Waals surface area contributed by atoms with Crippen molar-refractivity contribution in [2.45, 2.75) is 52.0 Å². The summed E-state index contributed by atoms with van der Waals surface area (Å²) in [6.45, 7) is 8.51. The summed E-state index contributed by atoms with van der Waals surface area (Å²) >= 11 is 0. The van der Waals surface area contributed by atoms with Gasteiger partial charge in [0.1, 0.15) is 5.82 Å². The van der Waals surface area contributed by atoms with E-state index in [4.69, 9.17) is 10.7 Å². The number of hydrogen-bond donors (Lipinski definition) is 1. The number of fused-ring (bicyclic) bond motifs is 1. The molecule has 1 aromatic carbocycles. The van der Waals surface area contributed by atoms with Gasteiger partial charge < -0.3 is 10.3 Å². The lowest BCUT2D eigenvalue weighted by Crippen LogP contribution is -2.32. The number of benzene rings is 1. The quantitative estimate of drug-likeness (QED) is 0.915. The molecule has 0 fully saturated rings. The highest BCUT2D eigenvalue weighted by molar-refractivity contribution is 5.77. The fourth-order valence-corrected chi connectivity index (χ4v) is 2.39. The number of hydrogen-bond acceptors (Lipinski definition) is 2. The fourth-order valence-electron chi connectivity index (χ4n) is 2.39. The smallest absolute Gasteiger partial charge is 0.112 e. The van der Waals surface area contributed by atoms with Gasteiger partial charge in [-0.2, -0.15) is 0 Å². The second kappa shape index (κ2) is 4.97. The van der Waals surface area contributed by atoms with Crippen LogP contribution in [0, 0.1) is 0 Å². The molecule has 0 aliphatic carbocycles. The van der Waals surface area contributed by atoms with E-state index in [2.05, 4.69) is 57.5 Å². The van der Waals surface area contributed by atoms with Crippen LogP contribution < -0.4 is 5.73 Å². The van der Waals surface area contributed by atoms with E-state index in [0.29, 0.717) is 5.92 Å². The molecule has 0 saturated heterocycles. The van der Waals surface area contributed by atoms with E-state index in [1.807, 2.05) is 0 Å². The Morgan fingerprint density at radius 2 is 2.00 bits per heavy atom. The van der Waals surface area contributed by atoms with Crippen molar-refractivity contribution in [3.05, 3.63) is 29.6 Å². The molecule has 0 radical (unpaired) electrons. The van der Waals surface area contributed by atoms with E-state index >= 15 is 0 Å². The van der Waals surface area contributed by atoms with Gasteiger partial charge in [-0.25, -0.2) is 4.98 Å². The molecule has 0 aliphatic heterocycles. The van der Waals surface area contributed by atoms with Gasteiger partial charge in [0, 0.05) is 18.5 Å². The van der Waals surface area contributed by atoms with Gasteiger partial charge in [-0.1, -0.05) is 19.9 Å². The van der Waals surface area contributed by atoms with Crippen molar-refractivity contribution in [1.29, 1.82) is 0 Å². The van der Waals surface area contributed by atoms with Gasteiger partial charge in [0.15, 0.2) is 0 Å². The van der Waals surface area contributed by atoms with Crippen LogP contribution in [0.4, 0.5) is 0 Å². The Bertz CT molecular complexity index is 573. The number of nitrogens with two attached hydrogens (primary N) is 1. The topological polar surface area (TPSA) is 43.8 Å². The predicted molar refractivity (Wildman–Crippen MR) is 81.4 cm³/mol. The standard InChI is InChI=1S/C16H25N3/c1-11(2)15-18-13-7-6-12(8-9-16(3,4)17)10-14(13)19(15)5/h6-7,10-11H,8-9,17H2,1-5H3. The monoisotopic (exact) mass is 259 g/mol. The zero-order valence-corrected chi connectivity index (χ0v) is 12.7. The van der Waals surface area contributed by atoms with Gasteiger partial charge in [0.2, 0.25) is 0 Å². The van der Waals surface area contributed by atoms with Crippen molar-refractivity contribution >= 4 is 11.0 Å². The number of nitrogens with zero attached hydrogens (tertiary/aromatic N) is 2. The highest BCUT2D eigenvalue weighted by Crippen LogP contribution is 2.22. The van der Waals surface area contributed by atoms with Gasteiger partial charge in [0.25, 0.3) is 0 Å². The SMILES string of the molecule is CC(C)c1nc2ccc(CCC(C)(C)N)cc2n1C. The second-order valence-corrected chi connectivity index (χ2v) is 6.50. The Morgan fingerprint density at radius 3 is 2.58 bits per heavy atom. The molecule has 1 aromatic heterocycles. The van der Waals surface area contributed by atoms with E-state index in [1.165, 1.54) is 11.1 Å². The molecule has 0 atom stereocenters. The van der Waals surface area contributed by atoms with Crippen molar-refractivity contribution in [3.63, 3.8) is 0 Å². The van der Waals surface area contributed by atoms with Crippen LogP contribution in [-0.2, 0) is 13.5 Å². The largest absolute Gasteiger partial charge is 0.331 e.